The second-order valence-corrected chi connectivity index (χ2v) is 8.04. The molecule has 0 aliphatic rings. The van der Waals surface area contributed by atoms with Crippen molar-refractivity contribution in [3.05, 3.63) is 41.2 Å². The van der Waals surface area contributed by atoms with Crippen molar-refractivity contribution in [3.8, 4) is 5.75 Å². The zero-order chi connectivity index (χ0) is 19.3. The van der Waals surface area contributed by atoms with Gasteiger partial charge in [0.2, 0.25) is 10.0 Å². The minimum atomic E-state index is -3.52. The van der Waals surface area contributed by atoms with Crippen LogP contribution >= 0.6 is 0 Å². The first kappa shape index (κ1) is 20.5. The van der Waals surface area contributed by atoms with Crippen LogP contribution < -0.4 is 4.74 Å². The minimum absolute atomic E-state index is 0.314. The maximum atomic E-state index is 12.9. The molecule has 0 saturated carbocycles. The van der Waals surface area contributed by atoms with E-state index in [1.165, 1.54) is 9.87 Å². The average Bonchev–Trinajstić information content (AvgIpc) is 2.90. The molecule has 6 nitrogen and oxygen atoms in total. The van der Waals surface area contributed by atoms with E-state index in [9.17, 15) is 8.42 Å². The maximum Gasteiger partial charge on any atom is 0.246 e. The lowest BCUT2D eigenvalue weighted by molar-refractivity contribution is 0.289. The van der Waals surface area contributed by atoms with Crippen LogP contribution in [0.3, 0.4) is 0 Å². The summed E-state index contributed by atoms with van der Waals surface area (Å²) >= 11 is 0. The summed E-state index contributed by atoms with van der Waals surface area (Å²) in [7, 11) is -3.52. The Hall–Kier alpha value is -1.86. The molecule has 0 saturated heterocycles. The molecule has 0 aliphatic heterocycles. The van der Waals surface area contributed by atoms with Gasteiger partial charge in [-0.3, -0.25) is 4.68 Å². The summed E-state index contributed by atoms with van der Waals surface area (Å²) < 4.78 is 34.7. The Morgan fingerprint density at radius 1 is 1.15 bits per heavy atom. The largest absolute Gasteiger partial charge is 0.492 e. The van der Waals surface area contributed by atoms with Gasteiger partial charge in [0.25, 0.3) is 0 Å². The number of benzene rings is 1. The van der Waals surface area contributed by atoms with E-state index in [1.54, 1.807) is 18.5 Å². The zero-order valence-corrected chi connectivity index (χ0v) is 17.1. The van der Waals surface area contributed by atoms with Crippen molar-refractivity contribution in [2.75, 3.05) is 19.7 Å². The van der Waals surface area contributed by atoms with E-state index in [4.69, 9.17) is 4.74 Å². The van der Waals surface area contributed by atoms with Crippen LogP contribution in [0.15, 0.2) is 29.2 Å². The fraction of sp³-hybridized carbons (Fsp3) is 0.526. The van der Waals surface area contributed by atoms with Crippen LogP contribution in [0.25, 0.3) is 0 Å². The van der Waals surface area contributed by atoms with E-state index >= 15 is 0 Å². The van der Waals surface area contributed by atoms with Gasteiger partial charge in [-0.05, 0) is 38.0 Å². The number of hydrogen-bond acceptors (Lipinski definition) is 4. The quantitative estimate of drug-likeness (QED) is 0.671. The van der Waals surface area contributed by atoms with Gasteiger partial charge >= 0.3 is 0 Å². The lowest BCUT2D eigenvalue weighted by Crippen LogP contribution is -2.31. The normalized spacial score (nSPS) is 11.9. The Morgan fingerprint density at radius 3 is 2.46 bits per heavy atom. The predicted molar refractivity (Wildman–Crippen MR) is 103 cm³/mol. The standard InChI is InChI=1S/C19H29N3O3S/c1-6-17-10-9-11-18(14-17)25-13-12-22-16(5)19(15(4)20-22)26(23,24)21(7-2)8-3/h9-11,14H,6-8,12-13H2,1-5H3. The second kappa shape index (κ2) is 8.68. The molecule has 0 atom stereocenters. The number of sulfonamides is 1. The zero-order valence-electron chi connectivity index (χ0n) is 16.3. The first-order valence-electron chi connectivity index (χ1n) is 9.10. The van der Waals surface area contributed by atoms with Crippen molar-refractivity contribution in [2.45, 2.75) is 52.5 Å². The Bertz CT molecular complexity index is 840. The summed E-state index contributed by atoms with van der Waals surface area (Å²) in [5.41, 5.74) is 2.41. The highest BCUT2D eigenvalue weighted by atomic mass is 32.2. The lowest BCUT2D eigenvalue weighted by atomic mass is 10.2. The van der Waals surface area contributed by atoms with Crippen LogP contribution in [0.1, 0.15) is 37.7 Å². The summed E-state index contributed by atoms with van der Waals surface area (Å²) in [6.07, 6.45) is 0.960. The first-order valence-corrected chi connectivity index (χ1v) is 10.5. The highest BCUT2D eigenvalue weighted by Gasteiger charge is 2.29. The molecule has 0 fully saturated rings. The van der Waals surface area contributed by atoms with Gasteiger partial charge in [0.1, 0.15) is 17.3 Å². The molecule has 0 amide bonds. The topological polar surface area (TPSA) is 64.4 Å². The summed E-state index contributed by atoms with van der Waals surface area (Å²) in [4.78, 5) is 0.314. The average molecular weight is 380 g/mol. The Balaban J connectivity index is 2.14. The second-order valence-electron chi connectivity index (χ2n) is 6.16. The molecular formula is C19H29N3O3S. The van der Waals surface area contributed by atoms with Crippen molar-refractivity contribution in [2.24, 2.45) is 0 Å². The summed E-state index contributed by atoms with van der Waals surface area (Å²) in [5.74, 6) is 0.821. The Labute approximate surface area is 156 Å². The van der Waals surface area contributed by atoms with Gasteiger partial charge in [-0.1, -0.05) is 32.9 Å². The molecule has 144 valence electrons. The van der Waals surface area contributed by atoms with Crippen molar-refractivity contribution in [1.82, 2.24) is 14.1 Å². The van der Waals surface area contributed by atoms with E-state index in [0.717, 1.165) is 12.2 Å². The monoisotopic (exact) mass is 379 g/mol. The summed E-state index contributed by atoms with van der Waals surface area (Å²) in [6.45, 7) is 11.1. The van der Waals surface area contributed by atoms with Crippen LogP contribution in [0.2, 0.25) is 0 Å². The SMILES string of the molecule is CCc1cccc(OCCn2nc(C)c(S(=O)(=O)N(CC)CC)c2C)c1. The molecule has 0 unspecified atom stereocenters. The van der Waals surface area contributed by atoms with Crippen molar-refractivity contribution >= 4 is 10.0 Å². The van der Waals surface area contributed by atoms with Crippen LogP contribution in [-0.2, 0) is 23.0 Å². The number of aryl methyl sites for hydroxylation is 2. The third kappa shape index (κ3) is 4.27. The van der Waals surface area contributed by atoms with Crippen molar-refractivity contribution < 1.29 is 13.2 Å². The molecule has 7 heteroatoms. The highest BCUT2D eigenvalue weighted by molar-refractivity contribution is 7.89. The molecular weight excluding hydrogens is 350 g/mol. The maximum absolute atomic E-state index is 12.9. The van der Waals surface area contributed by atoms with Crippen LogP contribution in [0.5, 0.6) is 5.75 Å². The third-order valence-electron chi connectivity index (χ3n) is 4.50. The summed E-state index contributed by atoms with van der Waals surface area (Å²) in [6, 6.07) is 8.00. The molecule has 0 aliphatic carbocycles. The number of nitrogens with zero attached hydrogens (tertiary/aromatic N) is 3. The van der Waals surface area contributed by atoms with Crippen molar-refractivity contribution in [3.63, 3.8) is 0 Å². The number of hydrogen-bond donors (Lipinski definition) is 0. The number of rotatable bonds is 9. The van der Waals surface area contributed by atoms with Gasteiger partial charge < -0.3 is 4.74 Å². The molecule has 26 heavy (non-hydrogen) atoms. The molecule has 0 N–H and O–H groups in total. The van der Waals surface area contributed by atoms with Gasteiger partial charge in [-0.15, -0.1) is 0 Å². The molecule has 0 bridgehead atoms. The van der Waals surface area contributed by atoms with Crippen molar-refractivity contribution in [1.29, 1.82) is 0 Å². The molecule has 0 radical (unpaired) electrons. The smallest absolute Gasteiger partial charge is 0.246 e. The van der Waals surface area contributed by atoms with Gasteiger partial charge in [0, 0.05) is 13.1 Å². The fourth-order valence-corrected chi connectivity index (χ4v) is 4.90. The van der Waals surface area contributed by atoms with E-state index in [1.807, 2.05) is 32.0 Å². The Morgan fingerprint density at radius 2 is 1.85 bits per heavy atom. The summed E-state index contributed by atoms with van der Waals surface area (Å²) in [5, 5.41) is 4.42. The third-order valence-corrected chi connectivity index (χ3v) is 6.80. The Kier molecular flexibility index (Phi) is 6.83. The number of ether oxygens (including phenoxy) is 1. The van der Waals surface area contributed by atoms with Gasteiger partial charge in [-0.2, -0.15) is 9.40 Å². The lowest BCUT2D eigenvalue weighted by Gasteiger charge is -2.18. The molecule has 2 aromatic rings. The minimum Gasteiger partial charge on any atom is -0.492 e. The number of aromatic nitrogens is 2. The molecule has 1 aromatic carbocycles. The molecule has 2 rings (SSSR count). The predicted octanol–water partition coefficient (Wildman–Crippen LogP) is 3.17. The van der Waals surface area contributed by atoms with E-state index < -0.39 is 10.0 Å². The van der Waals surface area contributed by atoms with Crippen LogP contribution in [0, 0.1) is 13.8 Å². The van der Waals surface area contributed by atoms with Gasteiger partial charge in [0.05, 0.1) is 17.9 Å². The fourth-order valence-electron chi connectivity index (χ4n) is 3.07. The highest BCUT2D eigenvalue weighted by Crippen LogP contribution is 2.23. The van der Waals surface area contributed by atoms with E-state index in [0.29, 0.717) is 42.5 Å². The van der Waals surface area contributed by atoms with E-state index in [-0.39, 0.29) is 0 Å². The van der Waals surface area contributed by atoms with Gasteiger partial charge in [-0.25, -0.2) is 8.42 Å². The molecule has 0 spiro atoms. The first-order chi connectivity index (χ1) is 12.3. The van der Waals surface area contributed by atoms with Crippen LogP contribution in [-0.4, -0.2) is 42.2 Å². The van der Waals surface area contributed by atoms with Gasteiger partial charge in [0.15, 0.2) is 0 Å². The van der Waals surface area contributed by atoms with Crippen LogP contribution in [0.4, 0.5) is 0 Å². The van der Waals surface area contributed by atoms with E-state index in [2.05, 4.69) is 18.1 Å². The molecule has 1 aromatic heterocycles. The molecule has 1 heterocycles.